The molecule has 2 atom stereocenters. The van der Waals surface area contributed by atoms with Crippen LogP contribution in [-0.2, 0) is 4.74 Å². The van der Waals surface area contributed by atoms with Crippen molar-refractivity contribution < 1.29 is 19.7 Å². The van der Waals surface area contributed by atoms with Crippen molar-refractivity contribution in [1.82, 2.24) is 0 Å². The van der Waals surface area contributed by atoms with Crippen LogP contribution in [-0.4, -0.2) is 18.6 Å². The Hall–Kier alpha value is -2.44. The first-order chi connectivity index (χ1) is 10.7. The number of quaternary nitrogens is 1. The largest absolute Gasteiger partial charge is 0.497 e. The molecule has 2 N–H and O–H groups in total. The quantitative estimate of drug-likeness (QED) is 0.691. The Morgan fingerprint density at radius 3 is 2.36 bits per heavy atom. The summed E-state index contributed by atoms with van der Waals surface area (Å²) in [6.07, 6.45) is -0.126. The minimum atomic E-state index is -0.397. The van der Waals surface area contributed by atoms with Crippen LogP contribution in [0.25, 0.3) is 0 Å². The van der Waals surface area contributed by atoms with Gasteiger partial charge in [-0.25, -0.2) is 0 Å². The van der Waals surface area contributed by atoms with Crippen molar-refractivity contribution in [3.8, 4) is 5.75 Å². The fraction of sp³-hybridized carbons (Fsp3) is 0.250. The fourth-order valence-electron chi connectivity index (χ4n) is 2.57. The van der Waals surface area contributed by atoms with Gasteiger partial charge in [0.05, 0.1) is 12.0 Å². The lowest BCUT2D eigenvalue weighted by molar-refractivity contribution is -0.698. The first-order valence-electron chi connectivity index (χ1n) is 7.04. The van der Waals surface area contributed by atoms with Crippen molar-refractivity contribution >= 4 is 5.69 Å². The van der Waals surface area contributed by atoms with E-state index in [1.807, 2.05) is 24.3 Å². The predicted molar refractivity (Wildman–Crippen MR) is 79.4 cm³/mol. The van der Waals surface area contributed by atoms with E-state index in [1.165, 1.54) is 12.1 Å². The average Bonchev–Trinajstić information content (AvgIpc) is 3.05. The highest BCUT2D eigenvalue weighted by atomic mass is 16.6. The maximum absolute atomic E-state index is 10.7. The molecule has 3 rings (SSSR count). The fourth-order valence-corrected chi connectivity index (χ4v) is 2.57. The van der Waals surface area contributed by atoms with Gasteiger partial charge in [0.15, 0.2) is 0 Å². The zero-order chi connectivity index (χ0) is 15.5. The zero-order valence-corrected chi connectivity index (χ0v) is 12.1. The summed E-state index contributed by atoms with van der Waals surface area (Å²) in [5, 5.41) is 12.8. The molecule has 0 saturated carbocycles. The molecular weight excluding hydrogens is 284 g/mol. The molecule has 2 aromatic carbocycles. The van der Waals surface area contributed by atoms with E-state index < -0.39 is 4.92 Å². The summed E-state index contributed by atoms with van der Waals surface area (Å²) in [6, 6.07) is 14.3. The Morgan fingerprint density at radius 2 is 1.77 bits per heavy atom. The highest BCUT2D eigenvalue weighted by molar-refractivity contribution is 5.34. The lowest BCUT2D eigenvalue weighted by atomic mass is 10.1. The molecule has 1 fully saturated rings. The number of benzene rings is 2. The maximum Gasteiger partial charge on any atom is 0.269 e. The summed E-state index contributed by atoms with van der Waals surface area (Å²) >= 11 is 0. The van der Waals surface area contributed by atoms with Crippen LogP contribution < -0.4 is 10.1 Å². The van der Waals surface area contributed by atoms with Crippen LogP contribution in [0.5, 0.6) is 5.75 Å². The predicted octanol–water partition coefficient (Wildman–Crippen LogP) is 1.94. The van der Waals surface area contributed by atoms with Gasteiger partial charge in [0, 0.05) is 17.7 Å². The molecule has 1 aliphatic rings. The molecule has 1 saturated heterocycles. The van der Waals surface area contributed by atoms with Crippen LogP contribution in [0.3, 0.4) is 0 Å². The second-order valence-electron chi connectivity index (χ2n) is 5.14. The van der Waals surface area contributed by atoms with Gasteiger partial charge < -0.3 is 14.8 Å². The summed E-state index contributed by atoms with van der Waals surface area (Å²) in [5.41, 5.74) is 2.13. The topological polar surface area (TPSA) is 78.2 Å². The molecule has 0 spiro atoms. The van der Waals surface area contributed by atoms with Crippen molar-refractivity contribution in [3.05, 3.63) is 69.8 Å². The van der Waals surface area contributed by atoms with Crippen molar-refractivity contribution in [3.63, 3.8) is 0 Å². The summed E-state index contributed by atoms with van der Waals surface area (Å²) in [5.74, 6) is 0.814. The van der Waals surface area contributed by atoms with Crippen molar-refractivity contribution in [1.29, 1.82) is 0 Å². The molecule has 0 amide bonds. The highest BCUT2D eigenvalue weighted by Crippen LogP contribution is 2.28. The molecular formula is C16H17N2O4+. The molecule has 0 aliphatic carbocycles. The molecule has 114 valence electrons. The number of ether oxygens (including phenoxy) is 2. The summed E-state index contributed by atoms with van der Waals surface area (Å²) in [6.45, 7) is 0.786. The molecule has 1 heterocycles. The molecule has 0 radical (unpaired) electrons. The molecule has 1 aliphatic heterocycles. The van der Waals surface area contributed by atoms with E-state index in [2.05, 4.69) is 5.32 Å². The molecule has 0 bridgehead atoms. The minimum Gasteiger partial charge on any atom is -0.497 e. The summed E-state index contributed by atoms with van der Waals surface area (Å²) in [7, 11) is 1.64. The van der Waals surface area contributed by atoms with E-state index >= 15 is 0 Å². The zero-order valence-electron chi connectivity index (χ0n) is 12.1. The molecule has 22 heavy (non-hydrogen) atoms. The first-order valence-corrected chi connectivity index (χ1v) is 7.04. The highest BCUT2D eigenvalue weighted by Gasteiger charge is 2.31. The Kier molecular flexibility index (Phi) is 4.04. The third-order valence-corrected chi connectivity index (χ3v) is 3.80. The number of methoxy groups -OCH3 is 1. The second kappa shape index (κ2) is 6.13. The second-order valence-corrected chi connectivity index (χ2v) is 5.14. The Bertz CT molecular complexity index is 655. The lowest BCUT2D eigenvalue weighted by Gasteiger charge is -2.10. The Morgan fingerprint density at radius 1 is 1.14 bits per heavy atom. The molecule has 0 aromatic heterocycles. The van der Waals surface area contributed by atoms with Gasteiger partial charge in [-0.05, 0) is 42.0 Å². The van der Waals surface area contributed by atoms with Gasteiger partial charge in [0.25, 0.3) is 5.69 Å². The summed E-state index contributed by atoms with van der Waals surface area (Å²) < 4.78 is 11.2. The average molecular weight is 301 g/mol. The standard InChI is InChI=1S/C16H16N2O4/c1-21-14-8-4-12(5-9-14)16-17-10-15(22-16)11-2-6-13(7-3-11)18(19)20/h2-9,15-17H,10H2,1H3/p+1/t15-,16-/m1/s1. The van der Waals surface area contributed by atoms with Crippen LogP contribution in [0.4, 0.5) is 5.69 Å². The number of nitrogens with zero attached hydrogens (tertiary/aromatic N) is 1. The molecule has 2 aromatic rings. The van der Waals surface area contributed by atoms with Gasteiger partial charge in [0.1, 0.15) is 18.4 Å². The number of nitro groups is 1. The normalized spacial score (nSPS) is 20.8. The monoisotopic (exact) mass is 301 g/mol. The first kappa shape index (κ1) is 14.5. The van der Waals surface area contributed by atoms with Crippen LogP contribution in [0, 0.1) is 10.1 Å². The van der Waals surface area contributed by atoms with Gasteiger partial charge in [-0.3, -0.25) is 10.1 Å². The number of hydrogen-bond acceptors (Lipinski definition) is 4. The van der Waals surface area contributed by atoms with Crippen LogP contribution in [0.2, 0.25) is 0 Å². The van der Waals surface area contributed by atoms with Gasteiger partial charge in [-0.1, -0.05) is 0 Å². The number of non-ortho nitro benzene ring substituents is 1. The van der Waals surface area contributed by atoms with E-state index in [9.17, 15) is 10.1 Å². The van der Waals surface area contributed by atoms with Crippen molar-refractivity contribution in [2.24, 2.45) is 0 Å². The lowest BCUT2D eigenvalue weighted by Crippen LogP contribution is -2.82. The van der Waals surface area contributed by atoms with Crippen molar-refractivity contribution in [2.45, 2.75) is 12.3 Å². The summed E-state index contributed by atoms with van der Waals surface area (Å²) in [4.78, 5) is 10.3. The third-order valence-electron chi connectivity index (χ3n) is 3.80. The number of nitrogens with two attached hydrogens (primary N) is 1. The van der Waals surface area contributed by atoms with E-state index in [0.29, 0.717) is 0 Å². The van der Waals surface area contributed by atoms with E-state index in [0.717, 1.165) is 23.4 Å². The SMILES string of the molecule is COc1ccc([C@@H]2[NH2+]C[C@H](c3ccc([N+](=O)[O-])cc3)O2)cc1. The van der Waals surface area contributed by atoms with Crippen LogP contribution >= 0.6 is 0 Å². The van der Waals surface area contributed by atoms with E-state index in [1.54, 1.807) is 19.2 Å². The van der Waals surface area contributed by atoms with Crippen molar-refractivity contribution in [2.75, 3.05) is 13.7 Å². The van der Waals surface area contributed by atoms with Crippen LogP contribution in [0.15, 0.2) is 48.5 Å². The number of nitro benzene ring substituents is 1. The minimum absolute atomic E-state index is 0.0621. The maximum atomic E-state index is 10.7. The molecule has 6 heteroatoms. The Labute approximate surface area is 127 Å². The van der Waals surface area contributed by atoms with Gasteiger partial charge in [-0.15, -0.1) is 0 Å². The van der Waals surface area contributed by atoms with E-state index in [-0.39, 0.29) is 18.0 Å². The molecule has 0 unspecified atom stereocenters. The van der Waals surface area contributed by atoms with Gasteiger partial charge >= 0.3 is 0 Å². The number of rotatable bonds is 4. The van der Waals surface area contributed by atoms with E-state index in [4.69, 9.17) is 9.47 Å². The third kappa shape index (κ3) is 2.93. The molecule has 6 nitrogen and oxygen atoms in total. The van der Waals surface area contributed by atoms with Gasteiger partial charge in [0.2, 0.25) is 6.23 Å². The Balaban J connectivity index is 1.69. The van der Waals surface area contributed by atoms with Gasteiger partial charge in [-0.2, -0.15) is 0 Å². The smallest absolute Gasteiger partial charge is 0.269 e. The number of hydrogen-bond donors (Lipinski definition) is 1. The van der Waals surface area contributed by atoms with Crippen LogP contribution in [0.1, 0.15) is 23.5 Å².